The maximum Gasteiger partial charge on any atom is 0.255 e. The lowest BCUT2D eigenvalue weighted by atomic mass is 10.3. The van der Waals surface area contributed by atoms with Crippen LogP contribution in [0.3, 0.4) is 0 Å². The average molecular weight is 318 g/mol. The van der Waals surface area contributed by atoms with Gasteiger partial charge in [-0.05, 0) is 41.9 Å². The van der Waals surface area contributed by atoms with Crippen LogP contribution in [0.2, 0.25) is 0 Å². The summed E-state index contributed by atoms with van der Waals surface area (Å²) in [4.78, 5) is 16.4. The van der Waals surface area contributed by atoms with Crippen LogP contribution in [-0.4, -0.2) is 14.0 Å². The molecule has 0 aliphatic carbocycles. The Morgan fingerprint density at radius 2 is 2.05 bits per heavy atom. The fourth-order valence-corrected chi connectivity index (χ4v) is 2.60. The standard InChI is InChI=1S/C14H12BrN3O/c1-9-10(2)18-8-11(7-12(15)14(18)16-9)17-6-4-3-5-13(17)19/h3-8H,1-2H3. The number of halogens is 1. The summed E-state index contributed by atoms with van der Waals surface area (Å²) in [5.74, 6) is 0. The fourth-order valence-electron chi connectivity index (χ4n) is 2.09. The van der Waals surface area contributed by atoms with Crippen LogP contribution >= 0.6 is 15.9 Å². The van der Waals surface area contributed by atoms with Gasteiger partial charge in [-0.2, -0.15) is 0 Å². The first-order valence-electron chi connectivity index (χ1n) is 5.91. The minimum Gasteiger partial charge on any atom is -0.301 e. The third-order valence-corrected chi connectivity index (χ3v) is 3.82. The van der Waals surface area contributed by atoms with Crippen LogP contribution in [-0.2, 0) is 0 Å². The highest BCUT2D eigenvalue weighted by Gasteiger charge is 2.10. The Morgan fingerprint density at radius 3 is 2.79 bits per heavy atom. The molecule has 0 bridgehead atoms. The maximum absolute atomic E-state index is 11.9. The predicted octanol–water partition coefficient (Wildman–Crippen LogP) is 2.86. The Bertz CT molecular complexity index is 832. The molecule has 0 unspecified atom stereocenters. The molecule has 5 heteroatoms. The molecular formula is C14H12BrN3O. The second-order valence-electron chi connectivity index (χ2n) is 4.43. The summed E-state index contributed by atoms with van der Waals surface area (Å²) >= 11 is 3.52. The van der Waals surface area contributed by atoms with E-state index in [1.54, 1.807) is 22.9 Å². The molecule has 3 heterocycles. The van der Waals surface area contributed by atoms with Gasteiger partial charge in [0.25, 0.3) is 5.56 Å². The highest BCUT2D eigenvalue weighted by atomic mass is 79.9. The second kappa shape index (κ2) is 4.35. The molecule has 0 spiro atoms. The summed E-state index contributed by atoms with van der Waals surface area (Å²) in [6.45, 7) is 3.99. The highest BCUT2D eigenvalue weighted by molar-refractivity contribution is 9.10. The molecule has 0 fully saturated rings. The van der Waals surface area contributed by atoms with Gasteiger partial charge in [-0.3, -0.25) is 9.36 Å². The van der Waals surface area contributed by atoms with Crippen LogP contribution in [0.25, 0.3) is 11.3 Å². The molecule has 4 nitrogen and oxygen atoms in total. The summed E-state index contributed by atoms with van der Waals surface area (Å²) in [6.07, 6.45) is 3.69. The second-order valence-corrected chi connectivity index (χ2v) is 5.29. The third kappa shape index (κ3) is 1.90. The molecule has 0 radical (unpaired) electrons. The summed E-state index contributed by atoms with van der Waals surface area (Å²) in [5.41, 5.74) is 3.68. The number of pyridine rings is 2. The molecule has 0 aliphatic heterocycles. The van der Waals surface area contributed by atoms with Crippen molar-refractivity contribution in [3.8, 4) is 5.69 Å². The fraction of sp³-hybridized carbons (Fsp3) is 0.143. The highest BCUT2D eigenvalue weighted by Crippen LogP contribution is 2.23. The predicted molar refractivity (Wildman–Crippen MR) is 78.0 cm³/mol. The van der Waals surface area contributed by atoms with Crippen molar-refractivity contribution in [2.24, 2.45) is 0 Å². The van der Waals surface area contributed by atoms with Crippen LogP contribution in [0.15, 0.2) is 45.9 Å². The Kier molecular flexibility index (Phi) is 2.78. The van der Waals surface area contributed by atoms with Crippen LogP contribution in [0.1, 0.15) is 11.4 Å². The van der Waals surface area contributed by atoms with E-state index in [4.69, 9.17) is 0 Å². The van der Waals surface area contributed by atoms with E-state index in [2.05, 4.69) is 20.9 Å². The molecule has 96 valence electrons. The van der Waals surface area contributed by atoms with Crippen molar-refractivity contribution in [3.05, 3.63) is 62.9 Å². The molecule has 3 aromatic heterocycles. The van der Waals surface area contributed by atoms with Crippen LogP contribution in [0, 0.1) is 13.8 Å². The minimum atomic E-state index is -0.0526. The number of rotatable bonds is 1. The van der Waals surface area contributed by atoms with E-state index < -0.39 is 0 Å². The molecule has 3 aromatic rings. The van der Waals surface area contributed by atoms with Gasteiger partial charge in [0.1, 0.15) is 0 Å². The Labute approximate surface area is 118 Å². The number of hydrogen-bond donors (Lipinski definition) is 0. The Morgan fingerprint density at radius 1 is 1.26 bits per heavy atom. The van der Waals surface area contributed by atoms with Crippen molar-refractivity contribution >= 4 is 21.6 Å². The molecular weight excluding hydrogens is 306 g/mol. The zero-order valence-electron chi connectivity index (χ0n) is 10.6. The SMILES string of the molecule is Cc1nc2c(Br)cc(-n3ccccc3=O)cn2c1C. The van der Waals surface area contributed by atoms with E-state index in [1.807, 2.05) is 36.6 Å². The molecule has 0 saturated heterocycles. The van der Waals surface area contributed by atoms with E-state index in [0.717, 1.165) is 27.2 Å². The van der Waals surface area contributed by atoms with Crippen LogP contribution in [0.4, 0.5) is 0 Å². The van der Waals surface area contributed by atoms with E-state index in [0.29, 0.717) is 0 Å². The lowest BCUT2D eigenvalue weighted by Gasteiger charge is -2.08. The van der Waals surface area contributed by atoms with Crippen molar-refractivity contribution in [2.75, 3.05) is 0 Å². The number of aromatic nitrogens is 3. The minimum absolute atomic E-state index is 0.0526. The summed E-state index contributed by atoms with van der Waals surface area (Å²) in [6, 6.07) is 7.03. The van der Waals surface area contributed by atoms with Crippen molar-refractivity contribution in [1.82, 2.24) is 14.0 Å². The maximum atomic E-state index is 11.9. The molecule has 0 saturated carbocycles. The summed E-state index contributed by atoms with van der Waals surface area (Å²) in [7, 11) is 0. The quantitative estimate of drug-likeness (QED) is 0.692. The normalized spacial score (nSPS) is 11.1. The molecule has 0 aliphatic rings. The topological polar surface area (TPSA) is 39.3 Å². The first-order chi connectivity index (χ1) is 9.08. The smallest absolute Gasteiger partial charge is 0.255 e. The third-order valence-electron chi connectivity index (χ3n) is 3.24. The largest absolute Gasteiger partial charge is 0.301 e. The molecule has 0 aromatic carbocycles. The van der Waals surface area contributed by atoms with Gasteiger partial charge in [0.2, 0.25) is 0 Å². The zero-order chi connectivity index (χ0) is 13.6. The number of aryl methyl sites for hydroxylation is 2. The van der Waals surface area contributed by atoms with E-state index >= 15 is 0 Å². The number of imidazole rings is 1. The van der Waals surface area contributed by atoms with E-state index in [-0.39, 0.29) is 5.56 Å². The molecule has 19 heavy (non-hydrogen) atoms. The zero-order valence-corrected chi connectivity index (χ0v) is 12.2. The van der Waals surface area contributed by atoms with Crippen molar-refractivity contribution in [1.29, 1.82) is 0 Å². The molecule has 3 rings (SSSR count). The summed E-state index contributed by atoms with van der Waals surface area (Å²) < 4.78 is 4.48. The first kappa shape index (κ1) is 12.2. The first-order valence-corrected chi connectivity index (χ1v) is 6.70. The van der Waals surface area contributed by atoms with Gasteiger partial charge in [0, 0.05) is 24.2 Å². The number of nitrogens with zero attached hydrogens (tertiary/aromatic N) is 3. The van der Waals surface area contributed by atoms with Gasteiger partial charge in [-0.25, -0.2) is 4.98 Å². The monoisotopic (exact) mass is 317 g/mol. The number of hydrogen-bond acceptors (Lipinski definition) is 2. The molecule has 0 atom stereocenters. The van der Waals surface area contributed by atoms with Gasteiger partial charge in [-0.15, -0.1) is 0 Å². The van der Waals surface area contributed by atoms with Gasteiger partial charge >= 0.3 is 0 Å². The average Bonchev–Trinajstić information content (AvgIpc) is 2.67. The molecule has 0 amide bonds. The lowest BCUT2D eigenvalue weighted by Crippen LogP contribution is -2.16. The van der Waals surface area contributed by atoms with Gasteiger partial charge in [0.15, 0.2) is 5.65 Å². The lowest BCUT2D eigenvalue weighted by molar-refractivity contribution is 0.959. The van der Waals surface area contributed by atoms with Crippen molar-refractivity contribution in [3.63, 3.8) is 0 Å². The van der Waals surface area contributed by atoms with Gasteiger partial charge in [-0.1, -0.05) is 6.07 Å². The van der Waals surface area contributed by atoms with E-state index in [9.17, 15) is 4.79 Å². The molecule has 0 N–H and O–H groups in total. The Balaban J connectivity index is 2.35. The van der Waals surface area contributed by atoms with E-state index in [1.165, 1.54) is 0 Å². The number of fused-ring (bicyclic) bond motifs is 1. The van der Waals surface area contributed by atoms with Crippen LogP contribution in [0.5, 0.6) is 0 Å². The van der Waals surface area contributed by atoms with Crippen molar-refractivity contribution in [2.45, 2.75) is 13.8 Å². The Hall–Kier alpha value is -1.88. The summed E-state index contributed by atoms with van der Waals surface area (Å²) in [5, 5.41) is 0. The van der Waals surface area contributed by atoms with Crippen molar-refractivity contribution < 1.29 is 0 Å². The van der Waals surface area contributed by atoms with Crippen LogP contribution < -0.4 is 5.56 Å². The van der Waals surface area contributed by atoms with Gasteiger partial charge < -0.3 is 4.40 Å². The van der Waals surface area contributed by atoms with Gasteiger partial charge in [0.05, 0.1) is 15.9 Å².